The predicted octanol–water partition coefficient (Wildman–Crippen LogP) is 2.79. The van der Waals surface area contributed by atoms with E-state index in [9.17, 15) is 9.65 Å². The topological polar surface area (TPSA) is 45.0 Å². The molecular formula is C15H19FN2O. The molecule has 1 N–H and O–H groups in total. The van der Waals surface area contributed by atoms with Crippen molar-refractivity contribution in [2.75, 3.05) is 13.2 Å². The number of benzene rings is 1. The Labute approximate surface area is 113 Å². The molecule has 0 saturated heterocycles. The van der Waals surface area contributed by atoms with Crippen LogP contribution in [0.2, 0.25) is 0 Å². The predicted molar refractivity (Wildman–Crippen MR) is 71.4 cm³/mol. The van der Waals surface area contributed by atoms with Crippen molar-refractivity contribution in [2.45, 2.75) is 32.2 Å². The molecular weight excluding hydrogens is 243 g/mol. The van der Waals surface area contributed by atoms with Crippen molar-refractivity contribution in [2.24, 2.45) is 5.92 Å². The van der Waals surface area contributed by atoms with Crippen molar-refractivity contribution in [3.05, 3.63) is 29.6 Å². The van der Waals surface area contributed by atoms with Gasteiger partial charge in [0.25, 0.3) is 0 Å². The molecule has 19 heavy (non-hydrogen) atoms. The number of hydrogen-bond acceptors (Lipinski definition) is 3. The highest BCUT2D eigenvalue weighted by Crippen LogP contribution is 2.40. The van der Waals surface area contributed by atoms with Gasteiger partial charge < -0.3 is 4.74 Å². The van der Waals surface area contributed by atoms with Gasteiger partial charge in [-0.2, -0.15) is 5.26 Å². The van der Waals surface area contributed by atoms with Gasteiger partial charge in [0.15, 0.2) is 11.6 Å². The highest BCUT2D eigenvalue weighted by atomic mass is 19.1. The molecule has 0 aliphatic heterocycles. The smallest absolute Gasteiger partial charge is 0.167 e. The lowest BCUT2D eigenvalue weighted by atomic mass is 9.96. The molecule has 0 radical (unpaired) electrons. The second-order valence-electron chi connectivity index (χ2n) is 5.06. The second kappa shape index (κ2) is 5.58. The number of likely N-dealkylation sites (N-methyl/N-ethyl adjacent to an activating group) is 1. The molecule has 1 fully saturated rings. The fourth-order valence-corrected chi connectivity index (χ4v) is 2.29. The van der Waals surface area contributed by atoms with Gasteiger partial charge in [-0.3, -0.25) is 5.32 Å². The van der Waals surface area contributed by atoms with Crippen LogP contribution in [0.3, 0.4) is 0 Å². The van der Waals surface area contributed by atoms with Gasteiger partial charge in [-0.25, -0.2) is 4.39 Å². The van der Waals surface area contributed by atoms with Gasteiger partial charge in [0.2, 0.25) is 0 Å². The summed E-state index contributed by atoms with van der Waals surface area (Å²) in [7, 11) is 0. The number of ether oxygens (including phenoxy) is 1. The minimum atomic E-state index is -0.690. The van der Waals surface area contributed by atoms with Crippen molar-refractivity contribution >= 4 is 0 Å². The molecule has 1 aliphatic rings. The Hall–Kier alpha value is -1.60. The van der Waals surface area contributed by atoms with E-state index in [-0.39, 0.29) is 18.2 Å². The number of nitrogens with one attached hydrogen (secondary N) is 1. The molecule has 102 valence electrons. The summed E-state index contributed by atoms with van der Waals surface area (Å²) in [6, 6.07) is 7.38. The molecule has 0 bridgehead atoms. The van der Waals surface area contributed by atoms with Crippen LogP contribution in [0, 0.1) is 30.0 Å². The van der Waals surface area contributed by atoms with Crippen LogP contribution in [0.5, 0.6) is 5.75 Å². The van der Waals surface area contributed by atoms with Crippen molar-refractivity contribution < 1.29 is 9.13 Å². The average molecular weight is 262 g/mol. The van der Waals surface area contributed by atoms with E-state index in [0.717, 1.165) is 12.8 Å². The highest BCUT2D eigenvalue weighted by Gasteiger charge is 2.46. The van der Waals surface area contributed by atoms with E-state index >= 15 is 0 Å². The van der Waals surface area contributed by atoms with Crippen LogP contribution >= 0.6 is 0 Å². The van der Waals surface area contributed by atoms with E-state index < -0.39 is 5.54 Å². The van der Waals surface area contributed by atoms with Gasteiger partial charge in [0, 0.05) is 0 Å². The Morgan fingerprint density at radius 2 is 2.26 bits per heavy atom. The van der Waals surface area contributed by atoms with E-state index in [4.69, 9.17) is 4.74 Å². The van der Waals surface area contributed by atoms with Gasteiger partial charge >= 0.3 is 0 Å². The molecule has 0 aromatic heterocycles. The lowest BCUT2D eigenvalue weighted by Crippen LogP contribution is -2.51. The third-order valence-corrected chi connectivity index (χ3v) is 3.58. The number of rotatable bonds is 6. The first-order valence-electron chi connectivity index (χ1n) is 6.67. The van der Waals surface area contributed by atoms with E-state index in [2.05, 4.69) is 11.4 Å². The third kappa shape index (κ3) is 2.87. The maximum atomic E-state index is 13.9. The Bertz CT molecular complexity index is 493. The zero-order valence-corrected chi connectivity index (χ0v) is 11.4. The number of nitriles is 1. The van der Waals surface area contributed by atoms with Crippen molar-refractivity contribution in [3.63, 3.8) is 0 Å². The van der Waals surface area contributed by atoms with Gasteiger partial charge in [-0.15, -0.1) is 0 Å². The van der Waals surface area contributed by atoms with E-state index in [1.165, 1.54) is 0 Å². The molecule has 1 atom stereocenters. The second-order valence-corrected chi connectivity index (χ2v) is 5.06. The van der Waals surface area contributed by atoms with Crippen LogP contribution in [-0.2, 0) is 0 Å². The summed E-state index contributed by atoms with van der Waals surface area (Å²) in [5.41, 5.74) is -0.139. The minimum Gasteiger partial charge on any atom is -0.487 e. The Balaban J connectivity index is 2.11. The van der Waals surface area contributed by atoms with E-state index in [0.29, 0.717) is 18.0 Å². The van der Waals surface area contributed by atoms with E-state index in [1.54, 1.807) is 25.1 Å². The van der Waals surface area contributed by atoms with E-state index in [1.807, 2.05) is 6.92 Å². The Morgan fingerprint density at radius 3 is 2.84 bits per heavy atom. The molecule has 0 amide bonds. The van der Waals surface area contributed by atoms with Crippen LogP contribution in [0.15, 0.2) is 18.2 Å². The first-order valence-corrected chi connectivity index (χ1v) is 6.67. The lowest BCUT2D eigenvalue weighted by Gasteiger charge is -2.27. The summed E-state index contributed by atoms with van der Waals surface area (Å²) in [6.45, 7) is 4.54. The molecule has 1 aromatic rings. The van der Waals surface area contributed by atoms with Crippen molar-refractivity contribution in [3.8, 4) is 11.8 Å². The number of hydrogen-bond donors (Lipinski definition) is 1. The molecule has 4 heteroatoms. The molecule has 0 heterocycles. The monoisotopic (exact) mass is 262 g/mol. The maximum absolute atomic E-state index is 13.9. The largest absolute Gasteiger partial charge is 0.487 e. The quantitative estimate of drug-likeness (QED) is 0.857. The molecule has 2 rings (SSSR count). The maximum Gasteiger partial charge on any atom is 0.167 e. The minimum absolute atomic E-state index is 0.183. The van der Waals surface area contributed by atoms with Gasteiger partial charge in [-0.1, -0.05) is 19.1 Å². The summed E-state index contributed by atoms with van der Waals surface area (Å²) in [5, 5.41) is 12.6. The fraction of sp³-hybridized carbons (Fsp3) is 0.533. The summed E-state index contributed by atoms with van der Waals surface area (Å²) >= 11 is 0. The third-order valence-electron chi connectivity index (χ3n) is 3.58. The zero-order valence-electron chi connectivity index (χ0n) is 11.4. The first kappa shape index (κ1) is 13.8. The van der Waals surface area contributed by atoms with Crippen LogP contribution in [-0.4, -0.2) is 18.7 Å². The summed E-state index contributed by atoms with van der Waals surface area (Å²) < 4.78 is 19.4. The van der Waals surface area contributed by atoms with Gasteiger partial charge in [0.1, 0.15) is 12.1 Å². The zero-order chi connectivity index (χ0) is 13.9. The molecule has 1 unspecified atom stereocenters. The van der Waals surface area contributed by atoms with Crippen LogP contribution in [0.25, 0.3) is 0 Å². The average Bonchev–Trinajstić information content (AvgIpc) is 3.24. The molecule has 1 aliphatic carbocycles. The number of aryl methyl sites for hydroxylation is 1. The SMILES string of the molecule is CCNC(C#N)(COc1cccc(C)c1F)C1CC1. The van der Waals surface area contributed by atoms with Crippen LogP contribution in [0.1, 0.15) is 25.3 Å². The Kier molecular flexibility index (Phi) is 4.06. The normalized spacial score (nSPS) is 17.6. The summed E-state index contributed by atoms with van der Waals surface area (Å²) in [4.78, 5) is 0. The van der Waals surface area contributed by atoms with Crippen molar-refractivity contribution in [1.29, 1.82) is 5.26 Å². The summed E-state index contributed by atoms with van der Waals surface area (Å²) in [6.07, 6.45) is 2.06. The molecule has 1 aromatic carbocycles. The fourth-order valence-electron chi connectivity index (χ4n) is 2.29. The van der Waals surface area contributed by atoms with Gasteiger partial charge in [-0.05, 0) is 43.9 Å². The standard InChI is InChI=1S/C15H19FN2O/c1-3-18-15(9-17,12-7-8-12)10-19-13-6-4-5-11(2)14(13)16/h4-6,12,18H,3,7-8,10H2,1-2H3. The first-order chi connectivity index (χ1) is 9.13. The molecule has 3 nitrogen and oxygen atoms in total. The molecule has 1 saturated carbocycles. The number of nitrogens with zero attached hydrogens (tertiary/aromatic N) is 1. The van der Waals surface area contributed by atoms with Crippen molar-refractivity contribution in [1.82, 2.24) is 5.32 Å². The van der Waals surface area contributed by atoms with Crippen LogP contribution < -0.4 is 10.1 Å². The number of halogens is 1. The molecule has 0 spiro atoms. The van der Waals surface area contributed by atoms with Crippen LogP contribution in [0.4, 0.5) is 4.39 Å². The Morgan fingerprint density at radius 1 is 1.53 bits per heavy atom. The highest BCUT2D eigenvalue weighted by molar-refractivity contribution is 5.30. The lowest BCUT2D eigenvalue weighted by molar-refractivity contribution is 0.198. The summed E-state index contributed by atoms with van der Waals surface area (Å²) in [5.74, 6) is 0.185. The van der Waals surface area contributed by atoms with Gasteiger partial charge in [0.05, 0.1) is 6.07 Å².